The number of carboxylic acids is 2. The highest BCUT2D eigenvalue weighted by molar-refractivity contribution is 5.89. The number of fused-ring (bicyclic) bond motifs is 8. The van der Waals surface area contributed by atoms with Crippen LogP contribution in [0.25, 0.3) is 0 Å². The Bertz CT molecular complexity index is 882. The standard InChI is InChI=1S/C19H19N.C4H4O4/c1-20-10-15-16-11-6-2-4-8-13(11)17-18(19(15)17)14-9-5-3-7-12(14)16;5-3(6)1-2-4(7)8/h2-9,15-20H,10H2,1H3;1-2H,(H,5,6)(H,7,8)/b;2-1-. The first-order chi connectivity index (χ1) is 13.5. The van der Waals surface area contributed by atoms with Crippen LogP contribution in [-0.2, 0) is 9.59 Å². The van der Waals surface area contributed by atoms with Crippen molar-refractivity contribution in [3.63, 3.8) is 0 Å². The Hall–Kier alpha value is -2.92. The van der Waals surface area contributed by atoms with Gasteiger partial charge in [0.25, 0.3) is 0 Å². The maximum atomic E-state index is 9.55. The van der Waals surface area contributed by atoms with Crippen molar-refractivity contribution in [1.29, 1.82) is 0 Å². The molecule has 28 heavy (non-hydrogen) atoms. The fourth-order valence-corrected chi connectivity index (χ4v) is 5.35. The molecular weight excluding hydrogens is 354 g/mol. The Balaban J connectivity index is 0.000000208. The van der Waals surface area contributed by atoms with E-state index in [1.807, 2.05) is 0 Å². The van der Waals surface area contributed by atoms with Gasteiger partial charge in [0.1, 0.15) is 0 Å². The summed E-state index contributed by atoms with van der Waals surface area (Å²) >= 11 is 0. The molecule has 3 aliphatic rings. The van der Waals surface area contributed by atoms with Crippen molar-refractivity contribution in [2.75, 3.05) is 13.6 Å². The summed E-state index contributed by atoms with van der Waals surface area (Å²) in [6, 6.07) is 18.4. The Morgan fingerprint density at radius 2 is 1.29 bits per heavy atom. The molecular formula is C23H23NO4. The van der Waals surface area contributed by atoms with Gasteiger partial charge in [-0.3, -0.25) is 0 Å². The average Bonchev–Trinajstić information content (AvgIpc) is 3.45. The van der Waals surface area contributed by atoms with E-state index in [9.17, 15) is 9.59 Å². The molecule has 3 unspecified atom stereocenters. The summed E-state index contributed by atoms with van der Waals surface area (Å²) in [6.45, 7) is 1.14. The summed E-state index contributed by atoms with van der Waals surface area (Å²) in [5.41, 5.74) is 6.47. The molecule has 5 nitrogen and oxygen atoms in total. The van der Waals surface area contributed by atoms with E-state index >= 15 is 0 Å². The maximum absolute atomic E-state index is 9.55. The topological polar surface area (TPSA) is 86.6 Å². The van der Waals surface area contributed by atoms with E-state index in [0.29, 0.717) is 18.1 Å². The van der Waals surface area contributed by atoms with E-state index in [1.54, 1.807) is 22.3 Å². The minimum absolute atomic E-state index is 0.558. The minimum Gasteiger partial charge on any atom is -0.478 e. The predicted molar refractivity (Wildman–Crippen MR) is 106 cm³/mol. The molecule has 2 aromatic carbocycles. The fraction of sp³-hybridized carbons (Fsp3) is 0.304. The Labute approximate surface area is 163 Å². The van der Waals surface area contributed by atoms with Crippen LogP contribution in [0, 0.1) is 11.8 Å². The summed E-state index contributed by atoms with van der Waals surface area (Å²) in [5.74, 6) is 1.31. The second-order valence-corrected chi connectivity index (χ2v) is 7.60. The second kappa shape index (κ2) is 7.24. The summed E-state index contributed by atoms with van der Waals surface area (Å²) < 4.78 is 0. The monoisotopic (exact) mass is 377 g/mol. The highest BCUT2D eigenvalue weighted by atomic mass is 16.4. The highest BCUT2D eigenvalue weighted by Gasteiger charge is 2.64. The van der Waals surface area contributed by atoms with Crippen molar-refractivity contribution in [2.24, 2.45) is 11.8 Å². The average molecular weight is 377 g/mol. The lowest BCUT2D eigenvalue weighted by Gasteiger charge is -2.36. The van der Waals surface area contributed by atoms with Gasteiger partial charge in [0, 0.05) is 18.1 Å². The van der Waals surface area contributed by atoms with Crippen molar-refractivity contribution < 1.29 is 19.8 Å². The molecule has 0 spiro atoms. The quantitative estimate of drug-likeness (QED) is 0.713. The third-order valence-electron chi connectivity index (χ3n) is 6.19. The highest BCUT2D eigenvalue weighted by Crippen LogP contribution is 2.74. The number of hydrogen-bond donors (Lipinski definition) is 3. The van der Waals surface area contributed by atoms with Crippen LogP contribution in [0.2, 0.25) is 0 Å². The summed E-state index contributed by atoms with van der Waals surface area (Å²) in [6.07, 6.45) is 1.12. The van der Waals surface area contributed by atoms with Gasteiger partial charge in [0.05, 0.1) is 0 Å². The first-order valence-electron chi connectivity index (χ1n) is 9.50. The van der Waals surface area contributed by atoms with E-state index < -0.39 is 11.9 Å². The lowest BCUT2D eigenvalue weighted by atomic mass is 9.69. The predicted octanol–water partition coefficient (Wildman–Crippen LogP) is 3.19. The zero-order valence-corrected chi connectivity index (χ0v) is 15.6. The van der Waals surface area contributed by atoms with E-state index in [1.165, 1.54) is 0 Å². The third kappa shape index (κ3) is 3.02. The number of rotatable bonds is 4. The Morgan fingerprint density at radius 3 is 1.68 bits per heavy atom. The maximum Gasteiger partial charge on any atom is 0.328 e. The lowest BCUT2D eigenvalue weighted by molar-refractivity contribution is -0.134. The van der Waals surface area contributed by atoms with Gasteiger partial charge in [-0.15, -0.1) is 0 Å². The summed E-state index contributed by atoms with van der Waals surface area (Å²) in [4.78, 5) is 19.1. The number of benzene rings is 2. The number of carbonyl (C=O) groups is 2. The first kappa shape index (κ1) is 18.4. The second-order valence-electron chi connectivity index (χ2n) is 7.60. The molecule has 3 N–H and O–H groups in total. The van der Waals surface area contributed by atoms with E-state index in [0.717, 1.165) is 30.2 Å². The molecule has 1 saturated carbocycles. The third-order valence-corrected chi connectivity index (χ3v) is 6.19. The number of aliphatic carboxylic acids is 2. The summed E-state index contributed by atoms with van der Waals surface area (Å²) in [5, 5.41) is 19.1. The Morgan fingerprint density at radius 1 is 0.857 bits per heavy atom. The van der Waals surface area contributed by atoms with Gasteiger partial charge in [0.15, 0.2) is 0 Å². The SMILES string of the molecule is CNCC1C2c3ccccc3C3C(c4ccccc42)C13.O=C(O)/C=C\C(=O)O. The van der Waals surface area contributed by atoms with Crippen LogP contribution in [0.15, 0.2) is 60.7 Å². The zero-order valence-electron chi connectivity index (χ0n) is 15.6. The van der Waals surface area contributed by atoms with Crippen molar-refractivity contribution in [3.8, 4) is 0 Å². The van der Waals surface area contributed by atoms with Gasteiger partial charge >= 0.3 is 11.9 Å². The number of carboxylic acid groups (broad SMARTS) is 2. The van der Waals surface area contributed by atoms with Crippen molar-refractivity contribution in [2.45, 2.75) is 17.8 Å². The molecule has 0 aromatic heterocycles. The molecule has 5 heteroatoms. The van der Waals surface area contributed by atoms with Crippen molar-refractivity contribution >= 4 is 11.9 Å². The lowest BCUT2D eigenvalue weighted by Crippen LogP contribution is -2.32. The van der Waals surface area contributed by atoms with Crippen LogP contribution in [0.4, 0.5) is 0 Å². The molecule has 144 valence electrons. The zero-order chi connectivity index (χ0) is 19.8. The van der Waals surface area contributed by atoms with E-state index in [-0.39, 0.29) is 0 Å². The largest absolute Gasteiger partial charge is 0.478 e. The van der Waals surface area contributed by atoms with Crippen molar-refractivity contribution in [3.05, 3.63) is 82.9 Å². The molecule has 2 bridgehead atoms. The first-order valence-corrected chi connectivity index (χ1v) is 9.50. The van der Waals surface area contributed by atoms with Crippen LogP contribution in [0.1, 0.15) is 40.0 Å². The molecule has 3 aliphatic carbocycles. The molecule has 0 heterocycles. The Kier molecular flexibility index (Phi) is 4.77. The van der Waals surface area contributed by atoms with Crippen LogP contribution in [-0.4, -0.2) is 35.7 Å². The molecule has 3 atom stereocenters. The molecule has 0 aliphatic heterocycles. The molecule has 2 aromatic rings. The molecule has 0 radical (unpaired) electrons. The number of nitrogens with one attached hydrogen (secondary N) is 1. The fourth-order valence-electron chi connectivity index (χ4n) is 5.35. The molecule has 5 rings (SSSR count). The van der Waals surface area contributed by atoms with Gasteiger partial charge in [-0.25, -0.2) is 9.59 Å². The molecule has 0 amide bonds. The van der Waals surface area contributed by atoms with Crippen LogP contribution in [0.3, 0.4) is 0 Å². The van der Waals surface area contributed by atoms with Crippen LogP contribution >= 0.6 is 0 Å². The van der Waals surface area contributed by atoms with Gasteiger partial charge in [-0.1, -0.05) is 48.5 Å². The van der Waals surface area contributed by atoms with Gasteiger partial charge in [0.2, 0.25) is 0 Å². The van der Waals surface area contributed by atoms with Crippen LogP contribution < -0.4 is 5.32 Å². The van der Waals surface area contributed by atoms with Gasteiger partial charge in [-0.05, 0) is 59.5 Å². The molecule has 0 saturated heterocycles. The van der Waals surface area contributed by atoms with Crippen LogP contribution in [0.5, 0.6) is 0 Å². The van der Waals surface area contributed by atoms with Crippen molar-refractivity contribution in [1.82, 2.24) is 5.32 Å². The normalized spacial score (nSPS) is 27.8. The summed E-state index contributed by atoms with van der Waals surface area (Å²) in [7, 11) is 2.09. The van der Waals surface area contributed by atoms with E-state index in [2.05, 4.69) is 60.9 Å². The molecule has 1 fully saturated rings. The van der Waals surface area contributed by atoms with Gasteiger partial charge < -0.3 is 15.5 Å². The van der Waals surface area contributed by atoms with E-state index in [4.69, 9.17) is 10.2 Å². The smallest absolute Gasteiger partial charge is 0.328 e. The van der Waals surface area contributed by atoms with Gasteiger partial charge in [-0.2, -0.15) is 0 Å². The minimum atomic E-state index is -1.26. The number of hydrogen-bond acceptors (Lipinski definition) is 3.